The van der Waals surface area contributed by atoms with Gasteiger partial charge in [-0.2, -0.15) is 0 Å². The fraction of sp³-hybridized carbons (Fsp3) is 0.857. The van der Waals surface area contributed by atoms with Crippen LogP contribution < -0.4 is 0 Å². The summed E-state index contributed by atoms with van der Waals surface area (Å²) in [5, 5.41) is 0. The molecule has 0 radical (unpaired) electrons. The molecule has 0 aliphatic heterocycles. The molecule has 0 fully saturated rings. The number of carbonyl (C=O) groups excluding carboxylic acids is 4. The first-order valence-electron chi connectivity index (χ1n) is 13.9. The molecule has 0 aromatic carbocycles. The maximum absolute atomic E-state index is 12.9. The smallest absolute Gasteiger partial charge is 0.309 e. The van der Waals surface area contributed by atoms with E-state index in [1.165, 1.54) is 0 Å². The van der Waals surface area contributed by atoms with Gasteiger partial charge in [0.25, 0.3) is 0 Å². The summed E-state index contributed by atoms with van der Waals surface area (Å²) in [4.78, 5) is 50.7. The number of esters is 3. The second-order valence-electron chi connectivity index (χ2n) is 9.37. The van der Waals surface area contributed by atoms with Crippen molar-refractivity contribution in [2.75, 3.05) is 13.2 Å². The van der Waals surface area contributed by atoms with E-state index in [4.69, 9.17) is 14.2 Å². The highest BCUT2D eigenvalue weighted by molar-refractivity contribution is 5.89. The molecule has 0 aromatic rings. The van der Waals surface area contributed by atoms with E-state index in [0.717, 1.165) is 38.5 Å². The average Bonchev–Trinajstić information content (AvgIpc) is 2.86. The van der Waals surface area contributed by atoms with E-state index in [1.807, 2.05) is 27.7 Å². The number of rotatable bonds is 21. The molecule has 0 aliphatic carbocycles. The zero-order valence-electron chi connectivity index (χ0n) is 23.1. The van der Waals surface area contributed by atoms with Crippen LogP contribution in [0.15, 0.2) is 0 Å². The molecule has 0 saturated carbocycles. The fourth-order valence-corrected chi connectivity index (χ4v) is 3.88. The molecule has 0 rings (SSSR count). The molecule has 0 heterocycles. The van der Waals surface area contributed by atoms with E-state index >= 15 is 0 Å². The van der Waals surface area contributed by atoms with E-state index in [-0.39, 0.29) is 24.4 Å². The highest BCUT2D eigenvalue weighted by Crippen LogP contribution is 2.18. The predicted octanol–water partition coefficient (Wildman–Crippen LogP) is 6.20. The van der Waals surface area contributed by atoms with Crippen LogP contribution in [0.25, 0.3) is 0 Å². The SMILES string of the molecule is CCCCC(CC)C(=O)OCC(=O)C(COC(=O)C(CC)CCCC)OC(=O)C(CC)CCCC. The normalized spacial score (nSPS) is 14.5. The van der Waals surface area contributed by atoms with E-state index in [1.54, 1.807) is 0 Å². The van der Waals surface area contributed by atoms with Crippen LogP contribution in [0.1, 0.15) is 119 Å². The molecule has 0 aliphatic rings. The molecule has 35 heavy (non-hydrogen) atoms. The quantitative estimate of drug-likeness (QED) is 0.137. The summed E-state index contributed by atoms with van der Waals surface area (Å²) in [5.41, 5.74) is 0. The number of hydrogen-bond donors (Lipinski definition) is 0. The minimum Gasteiger partial charge on any atom is -0.461 e. The number of unbranched alkanes of at least 4 members (excludes halogenated alkanes) is 3. The van der Waals surface area contributed by atoms with E-state index < -0.39 is 36.4 Å². The topological polar surface area (TPSA) is 96.0 Å². The summed E-state index contributed by atoms with van der Waals surface area (Å²) in [6.45, 7) is 11.0. The van der Waals surface area contributed by atoms with Gasteiger partial charge in [0.2, 0.25) is 5.78 Å². The Morgan fingerprint density at radius 3 is 1.37 bits per heavy atom. The van der Waals surface area contributed by atoms with Crippen molar-refractivity contribution in [2.45, 2.75) is 125 Å². The minimum absolute atomic E-state index is 0.254. The summed E-state index contributed by atoms with van der Waals surface area (Å²) < 4.78 is 16.2. The van der Waals surface area contributed by atoms with Gasteiger partial charge in [0, 0.05) is 0 Å². The molecule has 0 aromatic heterocycles. The second-order valence-corrected chi connectivity index (χ2v) is 9.37. The Hall–Kier alpha value is -1.92. The van der Waals surface area contributed by atoms with Crippen molar-refractivity contribution in [1.82, 2.24) is 0 Å². The third-order valence-corrected chi connectivity index (χ3v) is 6.55. The van der Waals surface area contributed by atoms with Gasteiger partial charge < -0.3 is 14.2 Å². The third kappa shape index (κ3) is 13.7. The largest absolute Gasteiger partial charge is 0.461 e. The van der Waals surface area contributed by atoms with Crippen molar-refractivity contribution in [3.63, 3.8) is 0 Å². The van der Waals surface area contributed by atoms with Crippen LogP contribution in [0.4, 0.5) is 0 Å². The third-order valence-electron chi connectivity index (χ3n) is 6.55. The Morgan fingerprint density at radius 1 is 0.571 bits per heavy atom. The van der Waals surface area contributed by atoms with Crippen molar-refractivity contribution in [3.8, 4) is 0 Å². The van der Waals surface area contributed by atoms with Crippen molar-refractivity contribution in [3.05, 3.63) is 0 Å². The molecule has 4 unspecified atom stereocenters. The zero-order chi connectivity index (χ0) is 26.6. The van der Waals surface area contributed by atoms with Gasteiger partial charge in [0.15, 0.2) is 12.7 Å². The molecular formula is C28H50O7. The molecule has 0 spiro atoms. The van der Waals surface area contributed by atoms with Crippen LogP contribution in [0.5, 0.6) is 0 Å². The Bertz CT molecular complexity index is 616. The van der Waals surface area contributed by atoms with Gasteiger partial charge in [-0.25, -0.2) is 0 Å². The lowest BCUT2D eigenvalue weighted by molar-refractivity contribution is -0.171. The lowest BCUT2D eigenvalue weighted by Crippen LogP contribution is -2.38. The van der Waals surface area contributed by atoms with Gasteiger partial charge in [0.1, 0.15) is 6.61 Å². The van der Waals surface area contributed by atoms with Crippen LogP contribution >= 0.6 is 0 Å². The number of ether oxygens (including phenoxy) is 3. The molecule has 0 amide bonds. The van der Waals surface area contributed by atoms with Crippen molar-refractivity contribution in [1.29, 1.82) is 0 Å². The van der Waals surface area contributed by atoms with E-state index in [2.05, 4.69) is 13.8 Å². The van der Waals surface area contributed by atoms with Crippen LogP contribution in [0.3, 0.4) is 0 Å². The summed E-state index contributed by atoms with van der Waals surface area (Å²) in [6, 6.07) is 0. The van der Waals surface area contributed by atoms with Gasteiger partial charge in [-0.1, -0.05) is 80.1 Å². The summed E-state index contributed by atoms with van der Waals surface area (Å²) in [6.07, 6.45) is 8.28. The van der Waals surface area contributed by atoms with E-state index in [0.29, 0.717) is 38.5 Å². The minimum atomic E-state index is -1.28. The van der Waals surface area contributed by atoms with Gasteiger partial charge >= 0.3 is 17.9 Å². The van der Waals surface area contributed by atoms with Crippen molar-refractivity contribution in [2.24, 2.45) is 17.8 Å². The number of Topliss-reactive ketones (excluding diaryl/α,β-unsaturated/α-hetero) is 1. The van der Waals surface area contributed by atoms with Gasteiger partial charge in [-0.05, 0) is 38.5 Å². The number of hydrogen-bond acceptors (Lipinski definition) is 7. The van der Waals surface area contributed by atoms with Crippen LogP contribution in [0.2, 0.25) is 0 Å². The maximum atomic E-state index is 12.9. The highest BCUT2D eigenvalue weighted by Gasteiger charge is 2.30. The molecule has 204 valence electrons. The van der Waals surface area contributed by atoms with Crippen molar-refractivity contribution < 1.29 is 33.4 Å². The summed E-state index contributed by atoms with van der Waals surface area (Å²) in [7, 11) is 0. The zero-order valence-corrected chi connectivity index (χ0v) is 23.1. The summed E-state index contributed by atoms with van der Waals surface area (Å²) >= 11 is 0. The Morgan fingerprint density at radius 2 is 0.971 bits per heavy atom. The number of ketones is 1. The Labute approximate surface area is 213 Å². The molecule has 0 N–H and O–H groups in total. The summed E-state index contributed by atoms with van der Waals surface area (Å²) in [5.74, 6) is -2.70. The number of carbonyl (C=O) groups is 4. The first kappa shape index (κ1) is 33.1. The molecule has 4 atom stereocenters. The predicted molar refractivity (Wildman–Crippen MR) is 137 cm³/mol. The lowest BCUT2D eigenvalue weighted by atomic mass is 9.99. The Balaban J connectivity index is 5.27. The van der Waals surface area contributed by atoms with Crippen LogP contribution in [-0.2, 0) is 33.4 Å². The monoisotopic (exact) mass is 498 g/mol. The maximum Gasteiger partial charge on any atom is 0.309 e. The molecular weight excluding hydrogens is 448 g/mol. The molecule has 0 saturated heterocycles. The highest BCUT2D eigenvalue weighted by atomic mass is 16.6. The molecule has 7 heteroatoms. The van der Waals surface area contributed by atoms with Crippen LogP contribution in [0, 0.1) is 17.8 Å². The van der Waals surface area contributed by atoms with Gasteiger partial charge in [0.05, 0.1) is 17.8 Å². The molecule has 7 nitrogen and oxygen atoms in total. The second kappa shape index (κ2) is 20.3. The van der Waals surface area contributed by atoms with Gasteiger partial charge in [-0.3, -0.25) is 19.2 Å². The van der Waals surface area contributed by atoms with Gasteiger partial charge in [-0.15, -0.1) is 0 Å². The fourth-order valence-electron chi connectivity index (χ4n) is 3.88. The van der Waals surface area contributed by atoms with Crippen molar-refractivity contribution >= 4 is 23.7 Å². The average molecular weight is 499 g/mol. The first-order valence-corrected chi connectivity index (χ1v) is 13.9. The molecule has 0 bridgehead atoms. The first-order chi connectivity index (χ1) is 16.8. The Kier molecular flexibility index (Phi) is 19.2. The standard InChI is InChI=1S/C28H50O7/c1-7-13-16-21(10-4)26(30)33-19-24(29)25(35-28(32)23(12-6)18-15-9-3)20-34-27(31)22(11-5)17-14-8-2/h21-23,25H,7-20H2,1-6H3. The van der Waals surface area contributed by atoms with Crippen LogP contribution in [-0.4, -0.2) is 43.0 Å². The van der Waals surface area contributed by atoms with E-state index in [9.17, 15) is 19.2 Å². The lowest BCUT2D eigenvalue weighted by Gasteiger charge is -2.22.